The molecule has 1 atom stereocenters. The van der Waals surface area contributed by atoms with Gasteiger partial charge in [-0.3, -0.25) is 0 Å². The highest BCUT2D eigenvalue weighted by molar-refractivity contribution is 7.89. The van der Waals surface area contributed by atoms with E-state index in [0.29, 0.717) is 19.5 Å². The predicted octanol–water partition coefficient (Wildman–Crippen LogP) is 0.541. The van der Waals surface area contributed by atoms with Crippen LogP contribution in [0.15, 0.2) is 12.5 Å². The van der Waals surface area contributed by atoms with Gasteiger partial charge in [0, 0.05) is 19.3 Å². The third-order valence-electron chi connectivity index (χ3n) is 3.32. The minimum atomic E-state index is -3.15. The van der Waals surface area contributed by atoms with Gasteiger partial charge in [-0.05, 0) is 20.5 Å². The van der Waals surface area contributed by atoms with Crippen molar-refractivity contribution >= 4 is 10.0 Å². The van der Waals surface area contributed by atoms with Gasteiger partial charge in [0.15, 0.2) is 0 Å². The van der Waals surface area contributed by atoms with E-state index >= 15 is 0 Å². The first kappa shape index (κ1) is 14.5. The SMILES string of the molecule is CCCS(=O)(=O)N1Cc2cncn2C(CN(C)C)C1. The highest BCUT2D eigenvalue weighted by Gasteiger charge is 2.31. The first-order chi connectivity index (χ1) is 8.94. The number of likely N-dealkylation sites (N-methyl/N-ethyl adjacent to an activating group) is 1. The van der Waals surface area contributed by atoms with Gasteiger partial charge in [-0.1, -0.05) is 6.92 Å². The first-order valence-electron chi connectivity index (χ1n) is 6.57. The molecule has 19 heavy (non-hydrogen) atoms. The van der Waals surface area contributed by atoms with Crippen LogP contribution in [0.4, 0.5) is 0 Å². The fourth-order valence-corrected chi connectivity index (χ4v) is 4.02. The highest BCUT2D eigenvalue weighted by atomic mass is 32.2. The van der Waals surface area contributed by atoms with Gasteiger partial charge in [0.2, 0.25) is 10.0 Å². The van der Waals surface area contributed by atoms with Crippen molar-refractivity contribution in [2.75, 3.05) is 32.9 Å². The van der Waals surface area contributed by atoms with E-state index in [1.54, 1.807) is 16.8 Å². The van der Waals surface area contributed by atoms with Crippen LogP contribution < -0.4 is 0 Å². The Labute approximate surface area is 115 Å². The van der Waals surface area contributed by atoms with Crippen molar-refractivity contribution in [3.05, 3.63) is 18.2 Å². The van der Waals surface area contributed by atoms with Crippen molar-refractivity contribution in [2.45, 2.75) is 25.9 Å². The number of rotatable bonds is 5. The fourth-order valence-electron chi connectivity index (χ4n) is 2.52. The average molecular weight is 286 g/mol. The van der Waals surface area contributed by atoms with Gasteiger partial charge in [-0.2, -0.15) is 4.31 Å². The zero-order valence-electron chi connectivity index (χ0n) is 11.8. The van der Waals surface area contributed by atoms with Crippen molar-refractivity contribution < 1.29 is 8.42 Å². The number of hydrogen-bond donors (Lipinski definition) is 0. The van der Waals surface area contributed by atoms with E-state index in [4.69, 9.17) is 0 Å². The normalized spacial score (nSPS) is 20.7. The van der Waals surface area contributed by atoms with Crippen molar-refractivity contribution in [3.63, 3.8) is 0 Å². The van der Waals surface area contributed by atoms with E-state index < -0.39 is 10.0 Å². The molecule has 6 nitrogen and oxygen atoms in total. The quantitative estimate of drug-likeness (QED) is 0.793. The molecule has 2 rings (SSSR count). The van der Waals surface area contributed by atoms with Crippen LogP contribution in [0.25, 0.3) is 0 Å². The molecular formula is C12H22N4O2S. The Morgan fingerprint density at radius 1 is 1.47 bits per heavy atom. The number of aromatic nitrogens is 2. The number of fused-ring (bicyclic) bond motifs is 1. The third-order valence-corrected chi connectivity index (χ3v) is 5.31. The van der Waals surface area contributed by atoms with Gasteiger partial charge in [0.25, 0.3) is 0 Å². The minimum Gasteiger partial charge on any atom is -0.328 e. The van der Waals surface area contributed by atoms with Gasteiger partial charge >= 0.3 is 0 Å². The van der Waals surface area contributed by atoms with Gasteiger partial charge in [-0.15, -0.1) is 0 Å². The molecule has 1 aliphatic rings. The van der Waals surface area contributed by atoms with Crippen molar-refractivity contribution in [1.29, 1.82) is 0 Å². The lowest BCUT2D eigenvalue weighted by Crippen LogP contribution is -2.44. The van der Waals surface area contributed by atoms with Crippen LogP contribution in [0.2, 0.25) is 0 Å². The molecule has 0 spiro atoms. The topological polar surface area (TPSA) is 58.4 Å². The van der Waals surface area contributed by atoms with Gasteiger partial charge in [0.1, 0.15) is 0 Å². The number of imidazole rings is 1. The Morgan fingerprint density at radius 2 is 2.21 bits per heavy atom. The molecule has 0 aliphatic carbocycles. The lowest BCUT2D eigenvalue weighted by Gasteiger charge is -2.35. The Hall–Kier alpha value is -0.920. The molecule has 1 aromatic heterocycles. The van der Waals surface area contributed by atoms with E-state index in [9.17, 15) is 8.42 Å². The van der Waals surface area contributed by atoms with E-state index in [2.05, 4.69) is 14.5 Å². The highest BCUT2D eigenvalue weighted by Crippen LogP contribution is 2.24. The van der Waals surface area contributed by atoms with E-state index in [1.165, 1.54) is 0 Å². The molecule has 0 saturated carbocycles. The summed E-state index contributed by atoms with van der Waals surface area (Å²) in [5, 5.41) is 0. The second-order valence-corrected chi connectivity index (χ2v) is 7.41. The minimum absolute atomic E-state index is 0.132. The molecule has 0 aromatic carbocycles. The van der Waals surface area contributed by atoms with Crippen LogP contribution in [0.5, 0.6) is 0 Å². The maximum Gasteiger partial charge on any atom is 0.214 e. The summed E-state index contributed by atoms with van der Waals surface area (Å²) in [4.78, 5) is 6.22. The summed E-state index contributed by atoms with van der Waals surface area (Å²) in [5.41, 5.74) is 0.970. The first-order valence-corrected chi connectivity index (χ1v) is 8.18. The molecule has 2 heterocycles. The van der Waals surface area contributed by atoms with E-state index in [0.717, 1.165) is 12.2 Å². The zero-order chi connectivity index (χ0) is 14.0. The molecular weight excluding hydrogens is 264 g/mol. The summed E-state index contributed by atoms with van der Waals surface area (Å²) in [5.74, 6) is 0.218. The second kappa shape index (κ2) is 5.60. The monoisotopic (exact) mass is 286 g/mol. The summed E-state index contributed by atoms with van der Waals surface area (Å²) in [6, 6.07) is 0.132. The molecule has 108 valence electrons. The molecule has 0 fully saturated rings. The maximum atomic E-state index is 12.2. The van der Waals surface area contributed by atoms with Gasteiger partial charge in [0.05, 0.1) is 30.4 Å². The maximum absolute atomic E-state index is 12.2. The predicted molar refractivity (Wildman–Crippen MR) is 74.3 cm³/mol. The summed E-state index contributed by atoms with van der Waals surface area (Å²) >= 11 is 0. The second-order valence-electron chi connectivity index (χ2n) is 5.32. The van der Waals surface area contributed by atoms with Gasteiger partial charge < -0.3 is 9.47 Å². The van der Waals surface area contributed by atoms with Gasteiger partial charge in [-0.25, -0.2) is 13.4 Å². The number of sulfonamides is 1. The van der Waals surface area contributed by atoms with Crippen molar-refractivity contribution in [3.8, 4) is 0 Å². The van der Waals surface area contributed by atoms with Crippen LogP contribution in [-0.2, 0) is 16.6 Å². The molecule has 0 bridgehead atoms. The Balaban J connectivity index is 2.24. The molecule has 1 aliphatic heterocycles. The van der Waals surface area contributed by atoms with E-state index in [1.807, 2.05) is 21.0 Å². The Bertz CT molecular complexity index is 524. The molecule has 1 unspecified atom stereocenters. The molecule has 0 amide bonds. The fraction of sp³-hybridized carbons (Fsp3) is 0.750. The lowest BCUT2D eigenvalue weighted by atomic mass is 10.2. The standard InChI is InChI=1S/C12H22N4O2S/c1-4-5-19(17,18)15-8-11-6-13-10-16(11)12(9-15)7-14(2)3/h6,10,12H,4-5,7-9H2,1-3H3. The number of nitrogens with zero attached hydrogens (tertiary/aromatic N) is 4. The molecule has 0 radical (unpaired) electrons. The summed E-state index contributed by atoms with van der Waals surface area (Å²) in [7, 11) is 0.843. The Morgan fingerprint density at radius 3 is 2.84 bits per heavy atom. The molecule has 0 saturated heterocycles. The molecule has 1 aromatic rings. The van der Waals surface area contributed by atoms with Crippen LogP contribution in [-0.4, -0.2) is 60.1 Å². The van der Waals surface area contributed by atoms with E-state index in [-0.39, 0.29) is 11.8 Å². The number of hydrogen-bond acceptors (Lipinski definition) is 4. The summed E-state index contributed by atoms with van der Waals surface area (Å²) < 4.78 is 28.2. The smallest absolute Gasteiger partial charge is 0.214 e. The molecule has 0 N–H and O–H groups in total. The lowest BCUT2D eigenvalue weighted by molar-refractivity contribution is 0.234. The zero-order valence-corrected chi connectivity index (χ0v) is 12.6. The van der Waals surface area contributed by atoms with Crippen LogP contribution in [0.3, 0.4) is 0 Å². The third kappa shape index (κ3) is 3.16. The van der Waals surface area contributed by atoms with Crippen LogP contribution in [0, 0.1) is 0 Å². The summed E-state index contributed by atoms with van der Waals surface area (Å²) in [6.07, 6.45) is 4.21. The Kier molecular flexibility index (Phi) is 4.27. The average Bonchev–Trinajstić information content (AvgIpc) is 2.76. The van der Waals surface area contributed by atoms with Crippen molar-refractivity contribution in [1.82, 2.24) is 18.8 Å². The van der Waals surface area contributed by atoms with Crippen molar-refractivity contribution in [2.24, 2.45) is 0 Å². The largest absolute Gasteiger partial charge is 0.328 e. The van der Waals surface area contributed by atoms with Crippen LogP contribution in [0.1, 0.15) is 25.1 Å². The summed E-state index contributed by atoms with van der Waals surface area (Å²) in [6.45, 7) is 3.67. The van der Waals surface area contributed by atoms with Crippen LogP contribution >= 0.6 is 0 Å². The molecule has 7 heteroatoms.